The molecule has 0 fully saturated rings. The number of aromatic nitrogens is 1. The van der Waals surface area contributed by atoms with E-state index in [1.54, 1.807) is 18.2 Å². The van der Waals surface area contributed by atoms with E-state index in [-0.39, 0.29) is 0 Å². The summed E-state index contributed by atoms with van der Waals surface area (Å²) in [5.41, 5.74) is 3.14. The van der Waals surface area contributed by atoms with Crippen LogP contribution in [0, 0.1) is 0 Å². The van der Waals surface area contributed by atoms with Gasteiger partial charge in [-0.25, -0.2) is 4.79 Å². The van der Waals surface area contributed by atoms with Crippen molar-refractivity contribution in [3.63, 3.8) is 0 Å². The summed E-state index contributed by atoms with van der Waals surface area (Å²) >= 11 is 0. The van der Waals surface area contributed by atoms with E-state index in [4.69, 9.17) is 0 Å². The Morgan fingerprint density at radius 3 is 2.90 bits per heavy atom. The monoisotopic (exact) mass is 267 g/mol. The Morgan fingerprint density at radius 2 is 2.25 bits per heavy atom. The van der Waals surface area contributed by atoms with E-state index in [9.17, 15) is 9.90 Å². The van der Waals surface area contributed by atoms with E-state index >= 15 is 0 Å². The smallest absolute Gasteiger partial charge is 0.336 e. The molecule has 3 heteroatoms. The molecular weight excluding hydrogens is 250 g/mol. The van der Waals surface area contributed by atoms with Crippen LogP contribution in [0.3, 0.4) is 0 Å². The van der Waals surface area contributed by atoms with Crippen molar-refractivity contribution in [3.8, 4) is 0 Å². The summed E-state index contributed by atoms with van der Waals surface area (Å²) in [5, 5.41) is 9.95. The Morgan fingerprint density at radius 1 is 1.45 bits per heavy atom. The number of carboxylic acids is 1. The van der Waals surface area contributed by atoms with Gasteiger partial charge in [0.2, 0.25) is 0 Å². The summed E-state index contributed by atoms with van der Waals surface area (Å²) < 4.78 is 0. The molecule has 1 aromatic carbocycles. The molecule has 0 saturated heterocycles. The van der Waals surface area contributed by atoms with Crippen LogP contribution in [0.25, 0.3) is 16.5 Å². The third kappa shape index (κ3) is 2.72. The molecule has 3 nitrogen and oxygen atoms in total. The molecule has 0 amide bonds. The largest absolute Gasteiger partial charge is 0.478 e. The molecule has 1 aromatic heterocycles. The van der Waals surface area contributed by atoms with Gasteiger partial charge in [0.25, 0.3) is 0 Å². The van der Waals surface area contributed by atoms with Gasteiger partial charge < -0.3 is 10.1 Å². The van der Waals surface area contributed by atoms with Crippen LogP contribution >= 0.6 is 0 Å². The molecule has 0 bridgehead atoms. The van der Waals surface area contributed by atoms with Crippen molar-refractivity contribution in [2.24, 2.45) is 0 Å². The first-order valence-corrected chi connectivity index (χ1v) is 6.45. The topological polar surface area (TPSA) is 53.1 Å². The predicted octanol–water partition coefficient (Wildman–Crippen LogP) is 4.40. The number of rotatable bonds is 5. The van der Waals surface area contributed by atoms with Crippen molar-refractivity contribution in [2.75, 3.05) is 0 Å². The van der Waals surface area contributed by atoms with E-state index in [1.807, 2.05) is 31.2 Å². The van der Waals surface area contributed by atoms with Crippen molar-refractivity contribution >= 4 is 22.4 Å². The molecule has 0 aliphatic heterocycles. The molecule has 20 heavy (non-hydrogen) atoms. The predicted molar refractivity (Wildman–Crippen MR) is 82.9 cm³/mol. The lowest BCUT2D eigenvalue weighted by Gasteiger charge is -2.00. The highest BCUT2D eigenvalue weighted by molar-refractivity contribution is 6.03. The number of fused-ring (bicyclic) bond motifs is 1. The molecule has 1 heterocycles. The van der Waals surface area contributed by atoms with Gasteiger partial charge in [-0.3, -0.25) is 0 Å². The summed E-state index contributed by atoms with van der Waals surface area (Å²) in [6.45, 7) is 5.70. The summed E-state index contributed by atoms with van der Waals surface area (Å²) in [5.74, 6) is -0.913. The minimum absolute atomic E-state index is 0.314. The number of aromatic amines is 1. The SMILES string of the molecule is C=C/C=C(\C/C=C\C)c1cc2c(C(=O)O)cccc2[nH]1. The lowest BCUT2D eigenvalue weighted by atomic mass is 10.1. The summed E-state index contributed by atoms with van der Waals surface area (Å²) in [4.78, 5) is 14.5. The summed E-state index contributed by atoms with van der Waals surface area (Å²) in [6.07, 6.45) is 8.49. The Balaban J connectivity index is 2.55. The van der Waals surface area contributed by atoms with Crippen LogP contribution in [-0.4, -0.2) is 16.1 Å². The molecule has 102 valence electrons. The van der Waals surface area contributed by atoms with Crippen LogP contribution in [0.2, 0.25) is 0 Å². The molecule has 0 atom stereocenters. The first kappa shape index (κ1) is 13.9. The fourth-order valence-corrected chi connectivity index (χ4v) is 2.17. The first-order chi connectivity index (χ1) is 9.67. The quantitative estimate of drug-likeness (QED) is 0.623. The number of allylic oxidation sites excluding steroid dienone is 5. The van der Waals surface area contributed by atoms with Crippen molar-refractivity contribution in [2.45, 2.75) is 13.3 Å². The number of hydrogen-bond acceptors (Lipinski definition) is 1. The van der Waals surface area contributed by atoms with Gasteiger partial charge >= 0.3 is 5.97 Å². The van der Waals surface area contributed by atoms with Crippen LogP contribution in [0.15, 0.2) is 55.1 Å². The Labute approximate surface area is 117 Å². The lowest BCUT2D eigenvalue weighted by Crippen LogP contribution is -1.95. The van der Waals surface area contributed by atoms with Gasteiger partial charge in [-0.2, -0.15) is 0 Å². The zero-order chi connectivity index (χ0) is 14.5. The third-order valence-corrected chi connectivity index (χ3v) is 3.13. The fraction of sp³-hybridized carbons (Fsp3) is 0.118. The number of H-pyrrole nitrogens is 1. The third-order valence-electron chi connectivity index (χ3n) is 3.13. The molecule has 0 aliphatic rings. The second-order valence-electron chi connectivity index (χ2n) is 4.46. The summed E-state index contributed by atoms with van der Waals surface area (Å²) in [6, 6.07) is 7.13. The van der Waals surface area contributed by atoms with Gasteiger partial charge in [0.05, 0.1) is 5.56 Å². The highest BCUT2D eigenvalue weighted by atomic mass is 16.4. The maximum Gasteiger partial charge on any atom is 0.336 e. The highest BCUT2D eigenvalue weighted by Gasteiger charge is 2.11. The average Bonchev–Trinajstić information content (AvgIpc) is 2.86. The zero-order valence-electron chi connectivity index (χ0n) is 11.4. The Kier molecular flexibility index (Phi) is 4.20. The number of aromatic carboxylic acids is 1. The van der Waals surface area contributed by atoms with E-state index in [0.29, 0.717) is 5.56 Å². The van der Waals surface area contributed by atoms with Gasteiger partial charge in [0, 0.05) is 16.6 Å². The number of carbonyl (C=O) groups is 1. The number of carboxylic acid groups (broad SMARTS) is 1. The van der Waals surface area contributed by atoms with Gasteiger partial charge in [-0.1, -0.05) is 36.9 Å². The highest BCUT2D eigenvalue weighted by Crippen LogP contribution is 2.26. The van der Waals surface area contributed by atoms with Crippen molar-refractivity contribution < 1.29 is 9.90 Å². The Hall–Kier alpha value is -2.55. The standard InChI is InChI=1S/C17H17NO2/c1-3-5-8-12(7-4-2)16-11-14-13(17(19)20)9-6-10-15(14)18-16/h3-7,9-11,18H,2,8H2,1H3,(H,19,20)/b5-3-,12-7+. The van der Waals surface area contributed by atoms with Gasteiger partial charge in [0.1, 0.15) is 0 Å². The van der Waals surface area contributed by atoms with E-state index < -0.39 is 5.97 Å². The van der Waals surface area contributed by atoms with Crippen LogP contribution in [0.5, 0.6) is 0 Å². The Bertz CT molecular complexity index is 705. The van der Waals surface area contributed by atoms with Crippen molar-refractivity contribution in [3.05, 3.63) is 66.4 Å². The van der Waals surface area contributed by atoms with E-state index in [2.05, 4.69) is 17.6 Å². The van der Waals surface area contributed by atoms with Crippen LogP contribution < -0.4 is 0 Å². The molecule has 0 radical (unpaired) electrons. The van der Waals surface area contributed by atoms with Crippen molar-refractivity contribution in [1.29, 1.82) is 0 Å². The summed E-state index contributed by atoms with van der Waals surface area (Å²) in [7, 11) is 0. The average molecular weight is 267 g/mol. The minimum Gasteiger partial charge on any atom is -0.478 e. The van der Waals surface area contributed by atoms with Crippen LogP contribution in [-0.2, 0) is 0 Å². The van der Waals surface area contributed by atoms with Gasteiger partial charge in [-0.15, -0.1) is 0 Å². The van der Waals surface area contributed by atoms with Crippen LogP contribution in [0.4, 0.5) is 0 Å². The van der Waals surface area contributed by atoms with E-state index in [0.717, 1.165) is 28.6 Å². The first-order valence-electron chi connectivity index (χ1n) is 6.45. The van der Waals surface area contributed by atoms with Crippen molar-refractivity contribution in [1.82, 2.24) is 4.98 Å². The molecular formula is C17H17NO2. The maximum absolute atomic E-state index is 11.2. The second-order valence-corrected chi connectivity index (χ2v) is 4.46. The molecule has 2 N–H and O–H groups in total. The zero-order valence-corrected chi connectivity index (χ0v) is 11.4. The lowest BCUT2D eigenvalue weighted by molar-refractivity contribution is 0.0699. The van der Waals surface area contributed by atoms with E-state index in [1.165, 1.54) is 0 Å². The second kappa shape index (κ2) is 6.06. The number of hydrogen-bond donors (Lipinski definition) is 2. The minimum atomic E-state index is -0.913. The van der Waals surface area contributed by atoms with Gasteiger partial charge in [-0.05, 0) is 37.1 Å². The maximum atomic E-state index is 11.2. The normalized spacial score (nSPS) is 12.2. The number of nitrogens with one attached hydrogen (secondary N) is 1. The molecule has 0 aliphatic carbocycles. The molecule has 0 unspecified atom stereocenters. The molecule has 2 aromatic rings. The number of benzene rings is 1. The van der Waals surface area contributed by atoms with Gasteiger partial charge in [0.15, 0.2) is 0 Å². The molecule has 2 rings (SSSR count). The molecule has 0 saturated carbocycles. The fourth-order valence-electron chi connectivity index (χ4n) is 2.17. The molecule has 0 spiro atoms. The van der Waals surface area contributed by atoms with Crippen LogP contribution in [0.1, 0.15) is 29.4 Å².